The first-order valence-electron chi connectivity index (χ1n) is 2.57. The number of rotatable bonds is 0. The predicted octanol–water partition coefficient (Wildman–Crippen LogP) is 1.95. The zero-order valence-electron chi connectivity index (χ0n) is 5.18. The molecular formula is C6H9N2. The molecule has 1 radical (unpaired) electrons. The summed E-state index contributed by atoms with van der Waals surface area (Å²) in [5.74, 6) is 0. The first-order chi connectivity index (χ1) is 3.63. The molecule has 1 atom stereocenters. The van der Waals surface area contributed by atoms with Gasteiger partial charge in [0, 0.05) is 0 Å². The summed E-state index contributed by atoms with van der Waals surface area (Å²) < 4.78 is 0. The maximum absolute atomic E-state index is 3.87. The van der Waals surface area contributed by atoms with Crippen molar-refractivity contribution in [3.8, 4) is 0 Å². The minimum absolute atomic E-state index is 0.278. The monoisotopic (exact) mass is 109 g/mol. The van der Waals surface area contributed by atoms with Crippen LogP contribution in [0.5, 0.6) is 0 Å². The highest BCUT2D eigenvalue weighted by atomic mass is 15.2. The number of azo groups is 1. The largest absolute Gasteiger partial charge is 0.178 e. The Morgan fingerprint density at radius 3 is 2.50 bits per heavy atom. The fourth-order valence-corrected chi connectivity index (χ4v) is 0.461. The van der Waals surface area contributed by atoms with Crippen LogP contribution in [-0.4, -0.2) is 5.54 Å². The van der Waals surface area contributed by atoms with Gasteiger partial charge in [-0.15, -0.1) is 0 Å². The van der Waals surface area contributed by atoms with Crippen LogP contribution in [-0.2, 0) is 0 Å². The molecule has 0 saturated heterocycles. The van der Waals surface area contributed by atoms with Gasteiger partial charge in [0.15, 0.2) is 0 Å². The van der Waals surface area contributed by atoms with E-state index >= 15 is 0 Å². The third-order valence-electron chi connectivity index (χ3n) is 1.38. The lowest BCUT2D eigenvalue weighted by Crippen LogP contribution is -2.14. The van der Waals surface area contributed by atoms with Gasteiger partial charge in [-0.3, -0.25) is 0 Å². The number of hydrogen-bond donors (Lipinski definition) is 0. The van der Waals surface area contributed by atoms with Crippen LogP contribution in [0.2, 0.25) is 0 Å². The molecule has 2 heteroatoms. The highest BCUT2D eigenvalue weighted by molar-refractivity contribution is 5.20. The SMILES string of the molecule is [CH2]C1(C)N=NC=C1C. The van der Waals surface area contributed by atoms with Crippen molar-refractivity contribution in [1.82, 2.24) is 0 Å². The fraction of sp³-hybridized carbons (Fsp3) is 0.500. The molecular weight excluding hydrogens is 100 g/mol. The van der Waals surface area contributed by atoms with Gasteiger partial charge >= 0.3 is 0 Å². The Balaban J connectivity index is 2.87. The molecule has 0 aromatic carbocycles. The van der Waals surface area contributed by atoms with Gasteiger partial charge in [-0.1, -0.05) is 0 Å². The van der Waals surface area contributed by atoms with Gasteiger partial charge in [0.25, 0.3) is 0 Å². The maximum Gasteiger partial charge on any atom is 0.102 e. The molecule has 0 saturated carbocycles. The highest BCUT2D eigenvalue weighted by Crippen LogP contribution is 2.24. The van der Waals surface area contributed by atoms with Gasteiger partial charge in [-0.25, -0.2) is 0 Å². The summed E-state index contributed by atoms with van der Waals surface area (Å²) in [6.45, 7) is 7.74. The van der Waals surface area contributed by atoms with Gasteiger partial charge in [0.1, 0.15) is 5.54 Å². The zero-order valence-corrected chi connectivity index (χ0v) is 5.18. The summed E-state index contributed by atoms with van der Waals surface area (Å²) in [5, 5.41) is 7.59. The predicted molar refractivity (Wildman–Crippen MR) is 32.4 cm³/mol. The van der Waals surface area contributed by atoms with E-state index in [1.165, 1.54) is 0 Å². The summed E-state index contributed by atoms with van der Waals surface area (Å²) in [7, 11) is 0. The maximum atomic E-state index is 3.87. The van der Waals surface area contributed by atoms with Gasteiger partial charge in [-0.2, -0.15) is 10.2 Å². The smallest absolute Gasteiger partial charge is 0.102 e. The summed E-state index contributed by atoms with van der Waals surface area (Å²) in [4.78, 5) is 0. The molecule has 8 heavy (non-hydrogen) atoms. The normalized spacial score (nSPS) is 23.6. The molecule has 1 rings (SSSR count). The minimum atomic E-state index is -0.278. The summed E-state index contributed by atoms with van der Waals surface area (Å²) in [5.41, 5.74) is 0.845. The Labute approximate surface area is 49.3 Å². The van der Waals surface area contributed by atoms with Crippen molar-refractivity contribution in [1.29, 1.82) is 0 Å². The van der Waals surface area contributed by atoms with Crippen molar-refractivity contribution in [3.05, 3.63) is 18.7 Å². The standard InChI is InChI=1S/C6H9N2/c1-5-4-7-8-6(5,2)3/h4H,2H2,1,3H3. The van der Waals surface area contributed by atoms with E-state index < -0.39 is 0 Å². The lowest BCUT2D eigenvalue weighted by atomic mass is 9.99. The second kappa shape index (κ2) is 1.41. The van der Waals surface area contributed by atoms with Crippen LogP contribution in [0, 0.1) is 6.92 Å². The molecule has 0 aromatic heterocycles. The molecule has 0 aromatic rings. The van der Waals surface area contributed by atoms with E-state index in [9.17, 15) is 0 Å². The topological polar surface area (TPSA) is 24.7 Å². The summed E-state index contributed by atoms with van der Waals surface area (Å²) >= 11 is 0. The highest BCUT2D eigenvalue weighted by Gasteiger charge is 2.21. The van der Waals surface area contributed by atoms with Crippen LogP contribution in [0.1, 0.15) is 13.8 Å². The van der Waals surface area contributed by atoms with Gasteiger partial charge in [0.2, 0.25) is 0 Å². The second-order valence-corrected chi connectivity index (χ2v) is 2.30. The van der Waals surface area contributed by atoms with Gasteiger partial charge in [0.05, 0.1) is 6.20 Å². The molecule has 0 N–H and O–H groups in total. The molecule has 0 bridgehead atoms. The molecule has 43 valence electrons. The molecule has 0 fully saturated rings. The lowest BCUT2D eigenvalue weighted by Gasteiger charge is -2.11. The van der Waals surface area contributed by atoms with Crippen LogP contribution in [0.4, 0.5) is 0 Å². The van der Waals surface area contributed by atoms with Crippen LogP contribution in [0.25, 0.3) is 0 Å². The average molecular weight is 109 g/mol. The van der Waals surface area contributed by atoms with Crippen molar-refractivity contribution in [2.75, 3.05) is 0 Å². The first kappa shape index (κ1) is 5.48. The van der Waals surface area contributed by atoms with Gasteiger partial charge < -0.3 is 0 Å². The van der Waals surface area contributed by atoms with Crippen LogP contribution in [0.3, 0.4) is 0 Å². The van der Waals surface area contributed by atoms with Crippen molar-refractivity contribution in [2.45, 2.75) is 19.4 Å². The summed E-state index contributed by atoms with van der Waals surface area (Å²) in [6, 6.07) is 0. The third kappa shape index (κ3) is 0.661. The van der Waals surface area contributed by atoms with Crippen LogP contribution in [0.15, 0.2) is 22.0 Å². The number of nitrogens with zero attached hydrogens (tertiary/aromatic N) is 2. The minimum Gasteiger partial charge on any atom is -0.178 e. The summed E-state index contributed by atoms with van der Waals surface area (Å²) in [6.07, 6.45) is 1.74. The molecule has 1 aliphatic rings. The van der Waals surface area contributed by atoms with Crippen molar-refractivity contribution in [2.24, 2.45) is 10.2 Å². The quantitative estimate of drug-likeness (QED) is 0.454. The Hall–Kier alpha value is -0.660. The van der Waals surface area contributed by atoms with Gasteiger partial charge in [-0.05, 0) is 26.3 Å². The Morgan fingerprint density at radius 1 is 1.75 bits per heavy atom. The zero-order chi connectivity index (χ0) is 6.20. The molecule has 1 aliphatic heterocycles. The van der Waals surface area contributed by atoms with E-state index in [0.717, 1.165) is 5.57 Å². The lowest BCUT2D eigenvalue weighted by molar-refractivity contribution is 0.677. The molecule has 2 nitrogen and oxygen atoms in total. The number of hydrogen-bond acceptors (Lipinski definition) is 2. The van der Waals surface area contributed by atoms with Crippen LogP contribution < -0.4 is 0 Å². The average Bonchev–Trinajstić information content (AvgIpc) is 1.86. The molecule has 0 aliphatic carbocycles. The fourth-order valence-electron chi connectivity index (χ4n) is 0.461. The van der Waals surface area contributed by atoms with Crippen LogP contribution >= 0.6 is 0 Å². The van der Waals surface area contributed by atoms with Crippen molar-refractivity contribution >= 4 is 0 Å². The molecule has 1 unspecified atom stereocenters. The third-order valence-corrected chi connectivity index (χ3v) is 1.38. The van der Waals surface area contributed by atoms with Crippen molar-refractivity contribution < 1.29 is 0 Å². The van der Waals surface area contributed by atoms with E-state index in [-0.39, 0.29) is 5.54 Å². The van der Waals surface area contributed by atoms with Crippen molar-refractivity contribution in [3.63, 3.8) is 0 Å². The van der Waals surface area contributed by atoms with E-state index in [1.54, 1.807) is 6.20 Å². The first-order valence-corrected chi connectivity index (χ1v) is 2.57. The van der Waals surface area contributed by atoms with E-state index in [2.05, 4.69) is 17.2 Å². The Bertz CT molecular complexity index is 154. The Kier molecular flexibility index (Phi) is 0.962. The molecule has 0 amide bonds. The van der Waals surface area contributed by atoms with E-state index in [4.69, 9.17) is 0 Å². The molecule has 0 spiro atoms. The van der Waals surface area contributed by atoms with E-state index in [1.807, 2.05) is 13.8 Å². The van der Waals surface area contributed by atoms with E-state index in [0.29, 0.717) is 0 Å². The second-order valence-electron chi connectivity index (χ2n) is 2.30. The Morgan fingerprint density at radius 2 is 2.38 bits per heavy atom. The molecule has 1 heterocycles.